The highest BCUT2D eigenvalue weighted by Gasteiger charge is 2.51. The predicted octanol–water partition coefficient (Wildman–Crippen LogP) is 5.79. The van der Waals surface area contributed by atoms with Gasteiger partial charge in [0, 0.05) is 22.7 Å². The molecule has 2 fully saturated rings. The maximum absolute atomic E-state index is 11.5. The lowest BCUT2D eigenvalue weighted by Gasteiger charge is -2.51. The summed E-state index contributed by atoms with van der Waals surface area (Å²) in [7, 11) is 0. The molecule has 3 aliphatic carbocycles. The number of hydrogen-bond donors (Lipinski definition) is 1. The van der Waals surface area contributed by atoms with Gasteiger partial charge in [-0.3, -0.25) is 0 Å². The number of aliphatic hydroxyl groups is 1. The molecule has 26 heavy (non-hydrogen) atoms. The Kier molecular flexibility index (Phi) is 4.71. The van der Waals surface area contributed by atoms with E-state index in [-0.39, 0.29) is 11.5 Å². The zero-order chi connectivity index (χ0) is 17.8. The molecule has 1 N–H and O–H groups in total. The van der Waals surface area contributed by atoms with E-state index in [9.17, 15) is 5.11 Å². The Morgan fingerprint density at radius 2 is 1.96 bits per heavy atom. The van der Waals surface area contributed by atoms with E-state index in [2.05, 4.69) is 66.2 Å². The number of aliphatic hydroxyl groups excluding tert-OH is 1. The second-order valence-corrected chi connectivity index (χ2v) is 12.7. The second-order valence-electron chi connectivity index (χ2n) is 8.55. The van der Waals surface area contributed by atoms with Crippen molar-refractivity contribution in [3.63, 3.8) is 0 Å². The van der Waals surface area contributed by atoms with E-state index in [1.807, 2.05) is 11.8 Å². The van der Waals surface area contributed by atoms with E-state index in [4.69, 9.17) is 0 Å². The standard InChI is InChI=1S/C22H28OS3/c1-21-9-10-22(25-11-12-26-22)13-15(21)5-4-7-18(21)20(23)17-14-24-19-8-3-2-6-16(17)19/h2-3,6,8,13-14,16,18-20,23H,4-5,7,9-12H2,1H3. The first-order valence-corrected chi connectivity index (χ1v) is 12.9. The Hall–Kier alpha value is -0.0300. The van der Waals surface area contributed by atoms with Crippen molar-refractivity contribution in [2.45, 2.75) is 54.5 Å². The lowest BCUT2D eigenvalue weighted by molar-refractivity contribution is 0.0331. The van der Waals surface area contributed by atoms with Crippen LogP contribution in [-0.2, 0) is 0 Å². The third kappa shape index (κ3) is 2.82. The summed E-state index contributed by atoms with van der Waals surface area (Å²) in [6, 6.07) is 0. The molecule has 5 unspecified atom stereocenters. The van der Waals surface area contributed by atoms with Crippen LogP contribution in [0.3, 0.4) is 0 Å². The monoisotopic (exact) mass is 404 g/mol. The van der Waals surface area contributed by atoms with Gasteiger partial charge in [-0.25, -0.2) is 0 Å². The van der Waals surface area contributed by atoms with Crippen LogP contribution in [0.15, 0.2) is 46.9 Å². The molecule has 140 valence electrons. The van der Waals surface area contributed by atoms with Gasteiger partial charge in [-0.1, -0.05) is 42.9 Å². The first-order chi connectivity index (χ1) is 12.6. The number of allylic oxidation sites excluding steroid dienone is 4. The smallest absolute Gasteiger partial charge is 0.0800 e. The SMILES string of the molecule is CC12CCC3(C=C1CCCC2C(O)C1=CSC2C=CC=CC12)SCCS3. The number of rotatable bonds is 2. The molecule has 1 saturated heterocycles. The van der Waals surface area contributed by atoms with E-state index < -0.39 is 0 Å². The summed E-state index contributed by atoms with van der Waals surface area (Å²) in [4.78, 5) is 0. The third-order valence-electron chi connectivity index (χ3n) is 7.23. The van der Waals surface area contributed by atoms with Gasteiger partial charge in [0.2, 0.25) is 0 Å². The van der Waals surface area contributed by atoms with Gasteiger partial charge in [0.15, 0.2) is 0 Å². The van der Waals surface area contributed by atoms with Crippen LogP contribution in [0, 0.1) is 17.3 Å². The molecule has 5 aliphatic rings. The van der Waals surface area contributed by atoms with Crippen molar-refractivity contribution in [1.82, 2.24) is 0 Å². The normalized spacial score (nSPS) is 41.5. The van der Waals surface area contributed by atoms with Crippen LogP contribution < -0.4 is 0 Å². The highest BCUT2D eigenvalue weighted by atomic mass is 32.2. The molecule has 0 radical (unpaired) electrons. The van der Waals surface area contributed by atoms with Crippen molar-refractivity contribution in [2.75, 3.05) is 11.5 Å². The van der Waals surface area contributed by atoms with Gasteiger partial charge in [-0.05, 0) is 54.4 Å². The predicted molar refractivity (Wildman–Crippen MR) is 118 cm³/mol. The number of thioether (sulfide) groups is 3. The molecule has 0 aromatic carbocycles. The first kappa shape index (κ1) is 18.0. The summed E-state index contributed by atoms with van der Waals surface area (Å²) < 4.78 is 0.353. The fourth-order valence-corrected chi connectivity index (χ4v) is 10.0. The maximum atomic E-state index is 11.5. The minimum Gasteiger partial charge on any atom is -0.388 e. The molecule has 0 bridgehead atoms. The molecule has 2 heterocycles. The van der Waals surface area contributed by atoms with Gasteiger partial charge < -0.3 is 5.11 Å². The van der Waals surface area contributed by atoms with Crippen molar-refractivity contribution in [3.8, 4) is 0 Å². The highest BCUT2D eigenvalue weighted by Crippen LogP contribution is 2.61. The average Bonchev–Trinajstić information content (AvgIpc) is 3.29. The first-order valence-electron chi connectivity index (χ1n) is 10.00. The molecular weight excluding hydrogens is 376 g/mol. The van der Waals surface area contributed by atoms with Gasteiger partial charge in [-0.2, -0.15) is 0 Å². The summed E-state index contributed by atoms with van der Waals surface area (Å²) in [6.45, 7) is 2.46. The van der Waals surface area contributed by atoms with Crippen molar-refractivity contribution >= 4 is 35.3 Å². The molecule has 4 heteroatoms. The van der Waals surface area contributed by atoms with Crippen LogP contribution in [0.2, 0.25) is 0 Å². The molecule has 0 aromatic rings. The van der Waals surface area contributed by atoms with Crippen molar-refractivity contribution in [1.29, 1.82) is 0 Å². The molecule has 5 rings (SSSR count). The van der Waals surface area contributed by atoms with Crippen LogP contribution >= 0.6 is 35.3 Å². The summed E-state index contributed by atoms with van der Waals surface area (Å²) >= 11 is 6.21. The topological polar surface area (TPSA) is 20.2 Å². The summed E-state index contributed by atoms with van der Waals surface area (Å²) in [5.74, 6) is 3.36. The minimum atomic E-state index is -0.291. The van der Waals surface area contributed by atoms with Gasteiger partial charge in [-0.15, -0.1) is 35.3 Å². The molecule has 1 spiro atoms. The third-order valence-corrected chi connectivity index (χ3v) is 11.8. The van der Waals surface area contributed by atoms with Crippen molar-refractivity contribution in [3.05, 3.63) is 46.9 Å². The fraction of sp³-hybridized carbons (Fsp3) is 0.636. The molecule has 2 aliphatic heterocycles. The highest BCUT2D eigenvalue weighted by molar-refractivity contribution is 8.21. The molecule has 1 saturated carbocycles. The summed E-state index contributed by atoms with van der Waals surface area (Å²) in [5, 5.41) is 14.3. The van der Waals surface area contributed by atoms with Gasteiger partial charge in [0.05, 0.1) is 10.2 Å². The van der Waals surface area contributed by atoms with E-state index in [1.165, 1.54) is 49.2 Å². The molecule has 5 atom stereocenters. The summed E-state index contributed by atoms with van der Waals surface area (Å²) in [6.07, 6.45) is 17.4. The van der Waals surface area contributed by atoms with E-state index >= 15 is 0 Å². The molecular formula is C22H28OS3. The van der Waals surface area contributed by atoms with Crippen LogP contribution in [0.25, 0.3) is 0 Å². The van der Waals surface area contributed by atoms with E-state index in [0.717, 1.165) is 0 Å². The Morgan fingerprint density at radius 1 is 1.15 bits per heavy atom. The van der Waals surface area contributed by atoms with Gasteiger partial charge in [0.25, 0.3) is 0 Å². The lowest BCUT2D eigenvalue weighted by Crippen LogP contribution is -2.45. The van der Waals surface area contributed by atoms with Crippen molar-refractivity contribution < 1.29 is 5.11 Å². The van der Waals surface area contributed by atoms with E-state index in [0.29, 0.717) is 21.2 Å². The number of fused-ring (bicyclic) bond motifs is 2. The fourth-order valence-electron chi connectivity index (χ4n) is 5.67. The zero-order valence-electron chi connectivity index (χ0n) is 15.4. The van der Waals surface area contributed by atoms with E-state index in [1.54, 1.807) is 5.57 Å². The second kappa shape index (κ2) is 6.79. The Morgan fingerprint density at radius 3 is 2.81 bits per heavy atom. The average molecular weight is 405 g/mol. The minimum absolute atomic E-state index is 0.185. The Labute approximate surface area is 170 Å². The quantitative estimate of drug-likeness (QED) is 0.587. The van der Waals surface area contributed by atoms with Gasteiger partial charge >= 0.3 is 0 Å². The zero-order valence-corrected chi connectivity index (χ0v) is 17.8. The molecule has 0 amide bonds. The van der Waals surface area contributed by atoms with Crippen LogP contribution in [0.4, 0.5) is 0 Å². The summed E-state index contributed by atoms with van der Waals surface area (Å²) in [5.41, 5.74) is 3.12. The van der Waals surface area contributed by atoms with Crippen LogP contribution in [0.5, 0.6) is 0 Å². The Balaban J connectivity index is 1.43. The number of hydrogen-bond acceptors (Lipinski definition) is 4. The van der Waals surface area contributed by atoms with Crippen LogP contribution in [-0.4, -0.2) is 32.0 Å². The Bertz CT molecular complexity index is 700. The molecule has 1 nitrogen and oxygen atoms in total. The maximum Gasteiger partial charge on any atom is 0.0800 e. The van der Waals surface area contributed by atoms with Crippen LogP contribution in [0.1, 0.15) is 39.0 Å². The van der Waals surface area contributed by atoms with Gasteiger partial charge in [0.1, 0.15) is 0 Å². The van der Waals surface area contributed by atoms with Crippen molar-refractivity contribution in [2.24, 2.45) is 17.3 Å². The molecule has 0 aromatic heterocycles. The largest absolute Gasteiger partial charge is 0.388 e. The lowest BCUT2D eigenvalue weighted by atomic mass is 9.57.